The van der Waals surface area contributed by atoms with Crippen molar-refractivity contribution in [3.05, 3.63) is 29.3 Å². The molecule has 1 heterocycles. The highest BCUT2D eigenvalue weighted by molar-refractivity contribution is 5.36. The molecule has 0 aliphatic carbocycles. The quantitative estimate of drug-likeness (QED) is 0.786. The number of hydrogen-bond acceptors (Lipinski definition) is 2. The second-order valence-corrected chi connectivity index (χ2v) is 4.03. The van der Waals surface area contributed by atoms with Crippen LogP contribution in [0.15, 0.2) is 18.2 Å². The Morgan fingerprint density at radius 3 is 2.79 bits per heavy atom. The van der Waals surface area contributed by atoms with Gasteiger partial charge in [-0.3, -0.25) is 0 Å². The maximum Gasteiger partial charge on any atom is 0.122 e. The Morgan fingerprint density at radius 1 is 1.43 bits per heavy atom. The first-order valence-electron chi connectivity index (χ1n) is 5.14. The Bertz CT molecular complexity index is 318. The molecule has 0 atom stereocenters. The molecule has 1 fully saturated rings. The van der Waals surface area contributed by atoms with Crippen molar-refractivity contribution in [1.82, 2.24) is 5.32 Å². The van der Waals surface area contributed by atoms with Crippen LogP contribution < -0.4 is 10.1 Å². The van der Waals surface area contributed by atoms with Crippen LogP contribution in [0.1, 0.15) is 11.1 Å². The van der Waals surface area contributed by atoms with Gasteiger partial charge in [-0.25, -0.2) is 0 Å². The fourth-order valence-corrected chi connectivity index (χ4v) is 1.82. The van der Waals surface area contributed by atoms with Crippen molar-refractivity contribution in [2.24, 2.45) is 5.92 Å². The third-order valence-electron chi connectivity index (χ3n) is 2.86. The molecule has 0 radical (unpaired) electrons. The first-order chi connectivity index (χ1) is 6.79. The fourth-order valence-electron chi connectivity index (χ4n) is 1.82. The number of hydrogen-bond donors (Lipinski definition) is 1. The van der Waals surface area contributed by atoms with Crippen molar-refractivity contribution in [2.45, 2.75) is 13.3 Å². The standard InChI is InChI=1S/C12H17NO/c1-9-3-4-10(6-12(9)14-2)5-11-7-13-8-11/h3-4,6,11,13H,5,7-8H2,1-2H3. The van der Waals surface area contributed by atoms with E-state index in [0.29, 0.717) is 0 Å². The van der Waals surface area contributed by atoms with E-state index in [1.807, 2.05) is 0 Å². The summed E-state index contributed by atoms with van der Waals surface area (Å²) in [5, 5.41) is 3.29. The van der Waals surface area contributed by atoms with Crippen LogP contribution in [0, 0.1) is 12.8 Å². The predicted octanol–water partition coefficient (Wildman–Crippen LogP) is 1.77. The molecule has 1 aromatic carbocycles. The van der Waals surface area contributed by atoms with Crippen LogP contribution in [0.5, 0.6) is 5.75 Å². The zero-order chi connectivity index (χ0) is 9.97. The van der Waals surface area contributed by atoms with Crippen LogP contribution in [0.25, 0.3) is 0 Å². The third kappa shape index (κ3) is 1.90. The smallest absolute Gasteiger partial charge is 0.122 e. The van der Waals surface area contributed by atoms with Crippen LogP contribution in [0.2, 0.25) is 0 Å². The van der Waals surface area contributed by atoms with E-state index in [1.165, 1.54) is 17.5 Å². The van der Waals surface area contributed by atoms with E-state index in [4.69, 9.17) is 4.74 Å². The van der Waals surface area contributed by atoms with Gasteiger partial charge in [0.1, 0.15) is 5.75 Å². The number of benzene rings is 1. The second kappa shape index (κ2) is 4.01. The lowest BCUT2D eigenvalue weighted by Gasteiger charge is -2.27. The van der Waals surface area contributed by atoms with E-state index in [2.05, 4.69) is 30.4 Å². The summed E-state index contributed by atoms with van der Waals surface area (Å²) in [6.45, 7) is 4.40. The van der Waals surface area contributed by atoms with Crippen LogP contribution in [-0.2, 0) is 6.42 Å². The lowest BCUT2D eigenvalue weighted by atomic mass is 9.94. The molecule has 2 nitrogen and oxygen atoms in total. The fraction of sp³-hybridized carbons (Fsp3) is 0.500. The molecule has 76 valence electrons. The number of rotatable bonds is 3. The van der Waals surface area contributed by atoms with Gasteiger partial charge in [0.25, 0.3) is 0 Å². The summed E-state index contributed by atoms with van der Waals surface area (Å²) in [7, 11) is 1.73. The zero-order valence-electron chi connectivity index (χ0n) is 8.84. The molecule has 1 saturated heterocycles. The summed E-state index contributed by atoms with van der Waals surface area (Å²) in [4.78, 5) is 0. The zero-order valence-corrected chi connectivity index (χ0v) is 8.84. The lowest BCUT2D eigenvalue weighted by molar-refractivity contribution is 0.345. The molecule has 0 bridgehead atoms. The maximum absolute atomic E-state index is 5.30. The van der Waals surface area contributed by atoms with E-state index in [0.717, 1.165) is 24.8 Å². The Labute approximate surface area is 85.3 Å². The van der Waals surface area contributed by atoms with Crippen molar-refractivity contribution >= 4 is 0 Å². The Kier molecular flexibility index (Phi) is 2.73. The highest BCUT2D eigenvalue weighted by Crippen LogP contribution is 2.21. The summed E-state index contributed by atoms with van der Waals surface area (Å²) in [6, 6.07) is 6.50. The predicted molar refractivity (Wildman–Crippen MR) is 57.8 cm³/mol. The molecular formula is C12H17NO. The normalized spacial score (nSPS) is 16.4. The molecule has 1 aliphatic heterocycles. The topological polar surface area (TPSA) is 21.3 Å². The average molecular weight is 191 g/mol. The van der Waals surface area contributed by atoms with Crippen LogP contribution in [-0.4, -0.2) is 20.2 Å². The maximum atomic E-state index is 5.30. The van der Waals surface area contributed by atoms with Gasteiger partial charge in [0.2, 0.25) is 0 Å². The van der Waals surface area contributed by atoms with Gasteiger partial charge in [0.15, 0.2) is 0 Å². The van der Waals surface area contributed by atoms with E-state index < -0.39 is 0 Å². The Balaban J connectivity index is 2.09. The van der Waals surface area contributed by atoms with Gasteiger partial charge in [-0.15, -0.1) is 0 Å². The highest BCUT2D eigenvalue weighted by atomic mass is 16.5. The number of aryl methyl sites for hydroxylation is 1. The van der Waals surface area contributed by atoms with Crippen LogP contribution in [0.3, 0.4) is 0 Å². The molecule has 14 heavy (non-hydrogen) atoms. The molecule has 0 spiro atoms. The SMILES string of the molecule is COc1cc(CC2CNC2)ccc1C. The van der Waals surface area contributed by atoms with Gasteiger partial charge in [-0.05, 0) is 49.5 Å². The Morgan fingerprint density at radius 2 is 2.21 bits per heavy atom. The minimum atomic E-state index is 0.822. The van der Waals surface area contributed by atoms with E-state index >= 15 is 0 Å². The molecule has 0 unspecified atom stereocenters. The molecule has 2 rings (SSSR count). The van der Waals surface area contributed by atoms with Gasteiger partial charge in [0, 0.05) is 0 Å². The molecule has 0 saturated carbocycles. The lowest BCUT2D eigenvalue weighted by Crippen LogP contribution is -2.43. The van der Waals surface area contributed by atoms with Gasteiger partial charge < -0.3 is 10.1 Å². The largest absolute Gasteiger partial charge is 0.496 e. The molecule has 1 aliphatic rings. The Hall–Kier alpha value is -1.02. The third-order valence-corrected chi connectivity index (χ3v) is 2.86. The van der Waals surface area contributed by atoms with Crippen molar-refractivity contribution < 1.29 is 4.74 Å². The van der Waals surface area contributed by atoms with Gasteiger partial charge >= 0.3 is 0 Å². The van der Waals surface area contributed by atoms with Crippen LogP contribution in [0.4, 0.5) is 0 Å². The molecule has 1 N–H and O–H groups in total. The molecule has 0 amide bonds. The summed E-state index contributed by atoms with van der Waals surface area (Å²) in [6.07, 6.45) is 1.17. The van der Waals surface area contributed by atoms with Crippen LogP contribution >= 0.6 is 0 Å². The minimum absolute atomic E-state index is 0.822. The molecular weight excluding hydrogens is 174 g/mol. The number of ether oxygens (including phenoxy) is 1. The van der Waals surface area contributed by atoms with Crippen molar-refractivity contribution in [1.29, 1.82) is 0 Å². The monoisotopic (exact) mass is 191 g/mol. The highest BCUT2D eigenvalue weighted by Gasteiger charge is 2.17. The summed E-state index contributed by atoms with van der Waals surface area (Å²) >= 11 is 0. The van der Waals surface area contributed by atoms with Gasteiger partial charge in [-0.2, -0.15) is 0 Å². The number of nitrogens with one attached hydrogen (secondary N) is 1. The average Bonchev–Trinajstić information content (AvgIpc) is 2.14. The van der Waals surface area contributed by atoms with Crippen molar-refractivity contribution in [2.75, 3.05) is 20.2 Å². The molecule has 1 aromatic rings. The van der Waals surface area contributed by atoms with E-state index in [-0.39, 0.29) is 0 Å². The number of methoxy groups -OCH3 is 1. The molecule has 2 heteroatoms. The van der Waals surface area contributed by atoms with Crippen molar-refractivity contribution in [3.63, 3.8) is 0 Å². The van der Waals surface area contributed by atoms with Crippen molar-refractivity contribution in [3.8, 4) is 5.75 Å². The first kappa shape index (κ1) is 9.53. The first-order valence-corrected chi connectivity index (χ1v) is 5.14. The second-order valence-electron chi connectivity index (χ2n) is 4.03. The van der Waals surface area contributed by atoms with Gasteiger partial charge in [-0.1, -0.05) is 12.1 Å². The summed E-state index contributed by atoms with van der Waals surface area (Å²) < 4.78 is 5.30. The molecule has 0 aromatic heterocycles. The van der Waals surface area contributed by atoms with E-state index in [9.17, 15) is 0 Å². The summed E-state index contributed by atoms with van der Waals surface area (Å²) in [5.74, 6) is 1.83. The van der Waals surface area contributed by atoms with E-state index in [1.54, 1.807) is 7.11 Å². The summed E-state index contributed by atoms with van der Waals surface area (Å²) in [5.41, 5.74) is 2.60. The minimum Gasteiger partial charge on any atom is -0.496 e. The van der Waals surface area contributed by atoms with Gasteiger partial charge in [0.05, 0.1) is 7.11 Å².